The number of rotatable bonds is 4. The van der Waals surface area contributed by atoms with E-state index in [0.717, 1.165) is 10.6 Å². The number of amides is 1. The van der Waals surface area contributed by atoms with Crippen molar-refractivity contribution in [2.75, 3.05) is 13.6 Å². The van der Waals surface area contributed by atoms with Crippen molar-refractivity contribution < 1.29 is 9.90 Å². The fourth-order valence-corrected chi connectivity index (χ4v) is 3.11. The SMILES string of the molecule is Cc1nc(-c2cnn(C)c2)sc1C(=O)N(C)CC(C)(C)O. The predicted octanol–water partition coefficient (Wildman–Crippen LogP) is 1.69. The Hall–Kier alpha value is -1.73. The molecular weight excluding hydrogens is 288 g/mol. The van der Waals surface area contributed by atoms with Gasteiger partial charge in [0.1, 0.15) is 9.88 Å². The number of nitrogens with zero attached hydrogens (tertiary/aromatic N) is 4. The van der Waals surface area contributed by atoms with Crippen LogP contribution in [-0.2, 0) is 7.05 Å². The van der Waals surface area contributed by atoms with Crippen LogP contribution in [0.5, 0.6) is 0 Å². The fraction of sp³-hybridized carbons (Fsp3) is 0.500. The van der Waals surface area contributed by atoms with Crippen LogP contribution in [0.3, 0.4) is 0 Å². The summed E-state index contributed by atoms with van der Waals surface area (Å²) in [7, 11) is 3.52. The Morgan fingerprint density at radius 1 is 1.52 bits per heavy atom. The summed E-state index contributed by atoms with van der Waals surface area (Å²) in [6.45, 7) is 5.45. The highest BCUT2D eigenvalue weighted by atomic mass is 32.1. The van der Waals surface area contributed by atoms with E-state index in [9.17, 15) is 9.90 Å². The maximum absolute atomic E-state index is 12.5. The first-order valence-corrected chi connectivity index (χ1v) is 7.43. The van der Waals surface area contributed by atoms with E-state index in [1.54, 1.807) is 31.8 Å². The number of aryl methyl sites for hydroxylation is 2. The Morgan fingerprint density at radius 3 is 2.71 bits per heavy atom. The van der Waals surface area contributed by atoms with E-state index in [2.05, 4.69) is 10.1 Å². The number of hydrogen-bond donors (Lipinski definition) is 1. The molecule has 2 rings (SSSR count). The number of hydrogen-bond acceptors (Lipinski definition) is 5. The van der Waals surface area contributed by atoms with Crippen molar-refractivity contribution in [2.45, 2.75) is 26.4 Å². The van der Waals surface area contributed by atoms with Crippen molar-refractivity contribution in [3.63, 3.8) is 0 Å². The maximum Gasteiger partial charge on any atom is 0.265 e. The van der Waals surface area contributed by atoms with E-state index in [1.165, 1.54) is 16.2 Å². The molecule has 21 heavy (non-hydrogen) atoms. The standard InChI is InChI=1S/C14H20N4O2S/c1-9-11(13(19)17(4)8-14(2,3)20)21-12(16-9)10-6-15-18(5)7-10/h6-7,20H,8H2,1-5H3. The molecule has 0 aromatic carbocycles. The second kappa shape index (κ2) is 5.57. The normalized spacial score (nSPS) is 11.7. The minimum Gasteiger partial charge on any atom is -0.389 e. The van der Waals surface area contributed by atoms with Gasteiger partial charge in [0.2, 0.25) is 0 Å². The number of carbonyl (C=O) groups is 1. The summed E-state index contributed by atoms with van der Waals surface area (Å²) < 4.78 is 1.70. The molecule has 0 unspecified atom stereocenters. The van der Waals surface area contributed by atoms with Crippen molar-refractivity contribution in [1.29, 1.82) is 0 Å². The quantitative estimate of drug-likeness (QED) is 0.933. The monoisotopic (exact) mass is 308 g/mol. The van der Waals surface area contributed by atoms with Crippen molar-refractivity contribution in [2.24, 2.45) is 7.05 Å². The Labute approximate surface area is 128 Å². The van der Waals surface area contributed by atoms with E-state index in [1.807, 2.05) is 20.2 Å². The lowest BCUT2D eigenvalue weighted by molar-refractivity contribution is 0.0370. The molecule has 0 aliphatic carbocycles. The molecular formula is C14H20N4O2S. The fourth-order valence-electron chi connectivity index (χ4n) is 2.08. The third-order valence-electron chi connectivity index (χ3n) is 2.91. The molecule has 0 fully saturated rings. The van der Waals surface area contributed by atoms with Gasteiger partial charge in [-0.2, -0.15) is 5.10 Å². The van der Waals surface area contributed by atoms with Crippen LogP contribution >= 0.6 is 11.3 Å². The van der Waals surface area contributed by atoms with Gasteiger partial charge in [0.25, 0.3) is 5.91 Å². The third-order valence-corrected chi connectivity index (χ3v) is 4.11. The van der Waals surface area contributed by atoms with Gasteiger partial charge >= 0.3 is 0 Å². The summed E-state index contributed by atoms with van der Waals surface area (Å²) in [5.74, 6) is -0.123. The molecule has 2 aromatic heterocycles. The first-order chi connectivity index (χ1) is 9.67. The summed E-state index contributed by atoms with van der Waals surface area (Å²) in [6.07, 6.45) is 3.60. The molecule has 7 heteroatoms. The van der Waals surface area contributed by atoms with Gasteiger partial charge in [-0.1, -0.05) is 0 Å². The lowest BCUT2D eigenvalue weighted by Crippen LogP contribution is -2.39. The smallest absolute Gasteiger partial charge is 0.265 e. The van der Waals surface area contributed by atoms with Crippen LogP contribution in [0.25, 0.3) is 10.6 Å². The first-order valence-electron chi connectivity index (χ1n) is 6.61. The molecule has 0 aliphatic heterocycles. The van der Waals surface area contributed by atoms with Crippen LogP contribution in [-0.4, -0.2) is 49.9 Å². The number of aromatic nitrogens is 3. The number of thiazole rings is 1. The molecule has 0 saturated heterocycles. The van der Waals surface area contributed by atoms with E-state index >= 15 is 0 Å². The number of likely N-dealkylation sites (N-methyl/N-ethyl adjacent to an activating group) is 1. The molecule has 0 aliphatic rings. The molecule has 2 aromatic rings. The Bertz CT molecular complexity index is 654. The van der Waals surface area contributed by atoms with Gasteiger partial charge in [-0.25, -0.2) is 4.98 Å². The van der Waals surface area contributed by atoms with Crippen LogP contribution in [0.4, 0.5) is 0 Å². The molecule has 1 amide bonds. The van der Waals surface area contributed by atoms with Gasteiger partial charge in [-0.05, 0) is 20.8 Å². The van der Waals surface area contributed by atoms with E-state index in [4.69, 9.17) is 0 Å². The predicted molar refractivity (Wildman–Crippen MR) is 82.3 cm³/mol. The molecule has 2 heterocycles. The van der Waals surface area contributed by atoms with Crippen molar-refractivity contribution in [3.8, 4) is 10.6 Å². The van der Waals surface area contributed by atoms with Crippen LogP contribution in [0.1, 0.15) is 29.2 Å². The van der Waals surface area contributed by atoms with Gasteiger partial charge in [0.05, 0.1) is 17.5 Å². The summed E-state index contributed by atoms with van der Waals surface area (Å²) in [6, 6.07) is 0. The van der Waals surface area contributed by atoms with Crippen molar-refractivity contribution in [3.05, 3.63) is 23.0 Å². The molecule has 0 spiro atoms. The van der Waals surface area contributed by atoms with Crippen LogP contribution in [0.2, 0.25) is 0 Å². The zero-order chi connectivity index (χ0) is 15.8. The summed E-state index contributed by atoms with van der Waals surface area (Å²) >= 11 is 1.35. The van der Waals surface area contributed by atoms with Gasteiger partial charge in [0.15, 0.2) is 0 Å². The Morgan fingerprint density at radius 2 is 2.19 bits per heavy atom. The molecule has 114 valence electrons. The average Bonchev–Trinajstić information content (AvgIpc) is 2.92. The lowest BCUT2D eigenvalue weighted by atomic mass is 10.1. The molecule has 0 bridgehead atoms. The molecule has 0 radical (unpaired) electrons. The molecule has 0 saturated carbocycles. The van der Waals surface area contributed by atoms with E-state index in [-0.39, 0.29) is 12.5 Å². The second-order valence-electron chi connectivity index (χ2n) is 5.81. The minimum atomic E-state index is -0.921. The Kier molecular flexibility index (Phi) is 4.15. The third kappa shape index (κ3) is 3.68. The Balaban J connectivity index is 2.25. The largest absolute Gasteiger partial charge is 0.389 e. The topological polar surface area (TPSA) is 71.2 Å². The second-order valence-corrected chi connectivity index (χ2v) is 6.81. The van der Waals surface area contributed by atoms with Gasteiger partial charge in [-0.15, -0.1) is 11.3 Å². The molecule has 0 atom stereocenters. The average molecular weight is 308 g/mol. The zero-order valence-corrected chi connectivity index (χ0v) is 13.7. The molecule has 6 nitrogen and oxygen atoms in total. The van der Waals surface area contributed by atoms with Gasteiger partial charge in [-0.3, -0.25) is 9.48 Å². The van der Waals surface area contributed by atoms with Crippen LogP contribution in [0.15, 0.2) is 12.4 Å². The summed E-state index contributed by atoms with van der Waals surface area (Å²) in [5, 5.41) is 14.7. The lowest BCUT2D eigenvalue weighted by Gasteiger charge is -2.25. The number of aliphatic hydroxyl groups is 1. The van der Waals surface area contributed by atoms with Gasteiger partial charge < -0.3 is 10.0 Å². The van der Waals surface area contributed by atoms with Crippen LogP contribution < -0.4 is 0 Å². The van der Waals surface area contributed by atoms with Crippen molar-refractivity contribution >= 4 is 17.2 Å². The summed E-state index contributed by atoms with van der Waals surface area (Å²) in [5.41, 5.74) is 0.677. The maximum atomic E-state index is 12.5. The highest BCUT2D eigenvalue weighted by molar-refractivity contribution is 7.17. The van der Waals surface area contributed by atoms with Gasteiger partial charge in [0, 0.05) is 32.4 Å². The van der Waals surface area contributed by atoms with E-state index < -0.39 is 5.60 Å². The van der Waals surface area contributed by atoms with Crippen molar-refractivity contribution in [1.82, 2.24) is 19.7 Å². The molecule has 1 N–H and O–H groups in total. The first kappa shape index (κ1) is 15.7. The minimum absolute atomic E-state index is 0.123. The highest BCUT2D eigenvalue weighted by Gasteiger charge is 2.24. The van der Waals surface area contributed by atoms with Crippen LogP contribution in [0, 0.1) is 6.92 Å². The highest BCUT2D eigenvalue weighted by Crippen LogP contribution is 2.28. The zero-order valence-electron chi connectivity index (χ0n) is 12.9. The number of carbonyl (C=O) groups excluding carboxylic acids is 1. The van der Waals surface area contributed by atoms with E-state index in [0.29, 0.717) is 10.6 Å². The summed E-state index contributed by atoms with van der Waals surface area (Å²) in [4.78, 5) is 19.0.